The molecule has 2 aromatic rings. The van der Waals surface area contributed by atoms with Crippen molar-refractivity contribution in [1.82, 2.24) is 0 Å². The molecule has 0 spiro atoms. The van der Waals surface area contributed by atoms with Crippen molar-refractivity contribution < 1.29 is 9.59 Å². The highest BCUT2D eigenvalue weighted by Gasteiger charge is 2.10. The van der Waals surface area contributed by atoms with Crippen LogP contribution in [-0.4, -0.2) is 11.8 Å². The van der Waals surface area contributed by atoms with Crippen LogP contribution in [0.15, 0.2) is 36.4 Å². The van der Waals surface area contributed by atoms with E-state index in [1.165, 1.54) is 0 Å². The molecule has 0 aromatic heterocycles. The van der Waals surface area contributed by atoms with E-state index in [0.717, 1.165) is 22.3 Å². The van der Waals surface area contributed by atoms with Crippen LogP contribution < -0.4 is 11.5 Å². The molecule has 4 heteroatoms. The highest BCUT2D eigenvalue weighted by Crippen LogP contribution is 2.28. The van der Waals surface area contributed by atoms with Gasteiger partial charge >= 0.3 is 0 Å². The Balaban J connectivity index is 2.52. The van der Waals surface area contributed by atoms with Crippen LogP contribution in [-0.2, 0) is 0 Å². The Bertz CT molecular complexity index is 644. The Morgan fingerprint density at radius 2 is 1.10 bits per heavy atom. The van der Waals surface area contributed by atoms with Crippen molar-refractivity contribution >= 4 is 11.8 Å². The summed E-state index contributed by atoms with van der Waals surface area (Å²) in [5.41, 5.74) is 15.4. The van der Waals surface area contributed by atoms with Gasteiger partial charge in [0.05, 0.1) is 0 Å². The lowest BCUT2D eigenvalue weighted by atomic mass is 9.94. The van der Waals surface area contributed by atoms with Crippen molar-refractivity contribution in [3.05, 3.63) is 58.7 Å². The van der Waals surface area contributed by atoms with Crippen LogP contribution in [0.2, 0.25) is 0 Å². The van der Waals surface area contributed by atoms with Gasteiger partial charge in [-0.2, -0.15) is 0 Å². The summed E-state index contributed by atoms with van der Waals surface area (Å²) in [6.45, 7) is 3.84. The summed E-state index contributed by atoms with van der Waals surface area (Å²) in [6, 6.07) is 10.7. The number of nitrogens with two attached hydrogens (primary N) is 2. The molecule has 2 amide bonds. The van der Waals surface area contributed by atoms with E-state index >= 15 is 0 Å². The van der Waals surface area contributed by atoms with Crippen LogP contribution in [0.1, 0.15) is 31.8 Å². The van der Waals surface area contributed by atoms with Gasteiger partial charge in [0.15, 0.2) is 0 Å². The fourth-order valence-corrected chi connectivity index (χ4v) is 2.24. The van der Waals surface area contributed by atoms with Crippen molar-refractivity contribution in [2.24, 2.45) is 11.5 Å². The highest BCUT2D eigenvalue weighted by molar-refractivity contribution is 5.95. The summed E-state index contributed by atoms with van der Waals surface area (Å²) in [6.07, 6.45) is 0. The molecule has 0 unspecified atom stereocenters. The van der Waals surface area contributed by atoms with Crippen molar-refractivity contribution in [1.29, 1.82) is 0 Å². The third kappa shape index (κ3) is 2.54. The van der Waals surface area contributed by atoms with E-state index in [1.807, 2.05) is 26.0 Å². The van der Waals surface area contributed by atoms with Gasteiger partial charge in [-0.05, 0) is 60.4 Å². The second kappa shape index (κ2) is 5.17. The lowest BCUT2D eigenvalue weighted by Gasteiger charge is -2.11. The van der Waals surface area contributed by atoms with Gasteiger partial charge in [-0.3, -0.25) is 9.59 Å². The van der Waals surface area contributed by atoms with Gasteiger partial charge in [-0.1, -0.05) is 12.1 Å². The predicted molar refractivity (Wildman–Crippen MR) is 78.4 cm³/mol. The Morgan fingerprint density at radius 3 is 1.35 bits per heavy atom. The third-order valence-electron chi connectivity index (χ3n) is 3.31. The monoisotopic (exact) mass is 268 g/mol. The quantitative estimate of drug-likeness (QED) is 0.893. The molecule has 0 heterocycles. The van der Waals surface area contributed by atoms with E-state index in [1.54, 1.807) is 24.3 Å². The molecule has 0 bridgehead atoms. The zero-order valence-corrected chi connectivity index (χ0v) is 11.4. The number of hydrogen-bond donors (Lipinski definition) is 2. The zero-order valence-electron chi connectivity index (χ0n) is 11.4. The number of amides is 2. The Labute approximate surface area is 117 Å². The molecule has 0 saturated heterocycles. The molecule has 2 aromatic carbocycles. The molecule has 0 saturated carbocycles. The minimum atomic E-state index is -0.444. The first-order valence-corrected chi connectivity index (χ1v) is 6.21. The number of rotatable bonds is 3. The SMILES string of the molecule is Cc1cc(C(N)=O)ccc1-c1ccc(C(N)=O)cc1C. The predicted octanol–water partition coefficient (Wildman–Crippen LogP) is 2.17. The minimum Gasteiger partial charge on any atom is -0.366 e. The average molecular weight is 268 g/mol. The maximum absolute atomic E-state index is 11.2. The molecule has 0 fully saturated rings. The van der Waals surface area contributed by atoms with E-state index in [4.69, 9.17) is 11.5 Å². The molecular formula is C16H16N2O2. The number of carbonyl (C=O) groups is 2. The maximum atomic E-state index is 11.2. The van der Waals surface area contributed by atoms with Crippen LogP contribution in [0.4, 0.5) is 0 Å². The van der Waals surface area contributed by atoms with Crippen molar-refractivity contribution in [2.75, 3.05) is 0 Å². The summed E-state index contributed by atoms with van der Waals surface area (Å²) in [7, 11) is 0. The fraction of sp³-hybridized carbons (Fsp3) is 0.125. The van der Waals surface area contributed by atoms with Crippen molar-refractivity contribution in [3.63, 3.8) is 0 Å². The van der Waals surface area contributed by atoms with E-state index in [9.17, 15) is 9.59 Å². The second-order valence-corrected chi connectivity index (χ2v) is 4.79. The van der Waals surface area contributed by atoms with E-state index in [2.05, 4.69) is 0 Å². The summed E-state index contributed by atoms with van der Waals surface area (Å²) >= 11 is 0. The van der Waals surface area contributed by atoms with Gasteiger partial charge in [-0.15, -0.1) is 0 Å². The van der Waals surface area contributed by atoms with Gasteiger partial charge in [0, 0.05) is 11.1 Å². The first-order chi connectivity index (χ1) is 9.40. The van der Waals surface area contributed by atoms with Crippen LogP contribution in [0, 0.1) is 13.8 Å². The molecule has 0 aliphatic carbocycles. The molecule has 4 nitrogen and oxygen atoms in total. The van der Waals surface area contributed by atoms with Gasteiger partial charge in [0.1, 0.15) is 0 Å². The van der Waals surface area contributed by atoms with Gasteiger partial charge in [-0.25, -0.2) is 0 Å². The van der Waals surface area contributed by atoms with Crippen LogP contribution >= 0.6 is 0 Å². The fourth-order valence-electron chi connectivity index (χ4n) is 2.24. The molecule has 20 heavy (non-hydrogen) atoms. The standard InChI is InChI=1S/C16H16N2O2/c1-9-7-11(15(17)19)3-5-13(9)14-6-4-12(16(18)20)8-10(14)2/h3-8H,1-2H3,(H2,17,19)(H2,18,20). The van der Waals surface area contributed by atoms with Gasteiger partial charge in [0.25, 0.3) is 0 Å². The molecule has 4 N–H and O–H groups in total. The summed E-state index contributed by atoms with van der Waals surface area (Å²) < 4.78 is 0. The molecule has 102 valence electrons. The Morgan fingerprint density at radius 1 is 0.750 bits per heavy atom. The summed E-state index contributed by atoms with van der Waals surface area (Å²) in [5.74, 6) is -0.888. The Kier molecular flexibility index (Phi) is 3.57. The molecule has 0 aliphatic rings. The smallest absolute Gasteiger partial charge is 0.248 e. The van der Waals surface area contributed by atoms with Crippen LogP contribution in [0.3, 0.4) is 0 Å². The van der Waals surface area contributed by atoms with Gasteiger partial charge < -0.3 is 11.5 Å². The van der Waals surface area contributed by atoms with Crippen molar-refractivity contribution in [3.8, 4) is 11.1 Å². The lowest BCUT2D eigenvalue weighted by Crippen LogP contribution is -2.11. The summed E-state index contributed by atoms with van der Waals surface area (Å²) in [4.78, 5) is 22.3. The maximum Gasteiger partial charge on any atom is 0.248 e. The molecule has 0 atom stereocenters. The normalized spacial score (nSPS) is 10.3. The number of hydrogen-bond acceptors (Lipinski definition) is 2. The Hall–Kier alpha value is -2.62. The van der Waals surface area contributed by atoms with Crippen molar-refractivity contribution in [2.45, 2.75) is 13.8 Å². The molecular weight excluding hydrogens is 252 g/mol. The molecule has 2 rings (SSSR count). The molecule has 0 aliphatic heterocycles. The largest absolute Gasteiger partial charge is 0.366 e. The topological polar surface area (TPSA) is 86.2 Å². The van der Waals surface area contributed by atoms with E-state index in [0.29, 0.717) is 11.1 Å². The number of aryl methyl sites for hydroxylation is 2. The number of benzene rings is 2. The minimum absolute atomic E-state index is 0.444. The summed E-state index contributed by atoms with van der Waals surface area (Å²) in [5, 5.41) is 0. The van der Waals surface area contributed by atoms with Gasteiger partial charge in [0.2, 0.25) is 11.8 Å². The number of carbonyl (C=O) groups excluding carboxylic acids is 2. The van der Waals surface area contributed by atoms with E-state index in [-0.39, 0.29) is 0 Å². The lowest BCUT2D eigenvalue weighted by molar-refractivity contribution is 0.0991. The van der Waals surface area contributed by atoms with Crippen LogP contribution in [0.25, 0.3) is 11.1 Å². The average Bonchev–Trinajstić information content (AvgIpc) is 2.38. The van der Waals surface area contributed by atoms with Crippen LogP contribution in [0.5, 0.6) is 0 Å². The first kappa shape index (κ1) is 13.8. The zero-order chi connectivity index (χ0) is 14.9. The highest BCUT2D eigenvalue weighted by atomic mass is 16.1. The third-order valence-corrected chi connectivity index (χ3v) is 3.31. The number of primary amides is 2. The first-order valence-electron chi connectivity index (χ1n) is 6.21. The molecule has 0 radical (unpaired) electrons. The van der Waals surface area contributed by atoms with E-state index < -0.39 is 11.8 Å². The second-order valence-electron chi connectivity index (χ2n) is 4.79.